The molecule has 0 atom stereocenters. The molecule has 0 bridgehead atoms. The van der Waals surface area contributed by atoms with Crippen LogP contribution in [0.5, 0.6) is 6.01 Å². The summed E-state index contributed by atoms with van der Waals surface area (Å²) in [7, 11) is 1.71. The monoisotopic (exact) mass is 392 g/mol. The average Bonchev–Trinajstić information content (AvgIpc) is 2.40. The summed E-state index contributed by atoms with van der Waals surface area (Å²) in [5, 5.41) is 3.96. The molecule has 1 spiro atoms. The Morgan fingerprint density at radius 3 is 2.73 bits per heavy atom. The molecule has 4 nitrogen and oxygen atoms in total. The van der Waals surface area contributed by atoms with E-state index in [4.69, 9.17) is 17.4 Å². The summed E-state index contributed by atoms with van der Waals surface area (Å²) in [5.41, 5.74) is 2.29. The summed E-state index contributed by atoms with van der Waals surface area (Å²) in [6, 6.07) is 2.39. The second-order valence-corrected chi connectivity index (χ2v) is 6.57. The maximum atomic E-state index is 5.97. The summed E-state index contributed by atoms with van der Waals surface area (Å²) in [6.45, 7) is 2.07. The molecule has 1 heterocycles. The van der Waals surface area contributed by atoms with Gasteiger partial charge in [0.25, 0.3) is 0 Å². The normalized spacial score (nSPS) is 19.8. The molecule has 2 aliphatic carbocycles. The number of rotatable bonds is 5. The van der Waals surface area contributed by atoms with Gasteiger partial charge in [-0.25, -0.2) is 4.98 Å². The topological polar surface area (TPSA) is 49.1 Å². The first-order valence-corrected chi connectivity index (χ1v) is 8.06. The Bertz CT molecular complexity index is 552. The van der Waals surface area contributed by atoms with E-state index < -0.39 is 0 Å². The van der Waals surface area contributed by atoms with E-state index in [-0.39, 0.29) is 38.8 Å². The van der Waals surface area contributed by atoms with Gasteiger partial charge in [-0.3, -0.25) is 0 Å². The molecule has 22 heavy (non-hydrogen) atoms. The van der Waals surface area contributed by atoms with Crippen molar-refractivity contribution in [3.05, 3.63) is 29.0 Å². The smallest absolute Gasteiger partial charge is 0.317 e. The Morgan fingerprint density at radius 1 is 1.45 bits per heavy atom. The van der Waals surface area contributed by atoms with Crippen molar-refractivity contribution in [3.8, 4) is 6.01 Å². The van der Waals surface area contributed by atoms with Crippen LogP contribution in [-0.4, -0.2) is 23.1 Å². The van der Waals surface area contributed by atoms with Crippen molar-refractivity contribution in [1.82, 2.24) is 9.97 Å². The molecule has 0 aromatic carbocycles. The van der Waals surface area contributed by atoms with E-state index in [1.165, 1.54) is 19.3 Å². The number of hydrogen-bond donors (Lipinski definition) is 0. The van der Waals surface area contributed by atoms with E-state index >= 15 is 0 Å². The van der Waals surface area contributed by atoms with Gasteiger partial charge < -0.3 is 22.7 Å². The maximum absolute atomic E-state index is 5.97. The predicted molar refractivity (Wildman–Crippen MR) is 86.0 cm³/mol. The fourth-order valence-corrected chi connectivity index (χ4v) is 3.45. The average molecular weight is 392 g/mol. The summed E-state index contributed by atoms with van der Waals surface area (Å²) in [6.07, 6.45) is 9.18. The van der Waals surface area contributed by atoms with Gasteiger partial charge in [0, 0.05) is 44.1 Å². The third kappa shape index (κ3) is 3.80. The van der Waals surface area contributed by atoms with Crippen LogP contribution in [0.25, 0.3) is 10.2 Å². The molecule has 1 aromatic heterocycles. The van der Waals surface area contributed by atoms with Gasteiger partial charge >= 0.3 is 6.01 Å². The molecule has 3 rings (SSSR count). The van der Waals surface area contributed by atoms with Gasteiger partial charge in [0.15, 0.2) is 0 Å². The first-order chi connectivity index (χ1) is 10.1. The van der Waals surface area contributed by atoms with E-state index in [9.17, 15) is 0 Å². The molecule has 0 aliphatic heterocycles. The molecule has 2 aliphatic rings. The molecular weight excluding hydrogens is 371 g/mol. The summed E-state index contributed by atoms with van der Waals surface area (Å²) in [4.78, 5) is 9.55. The number of aryl methyl sites for hydroxylation is 1. The van der Waals surface area contributed by atoms with E-state index in [2.05, 4.69) is 22.2 Å². The van der Waals surface area contributed by atoms with Crippen molar-refractivity contribution in [1.29, 1.82) is 0 Å². The molecule has 2 fully saturated rings. The number of nitrogens with zero attached hydrogens (tertiary/aromatic N) is 3. The SMILES string of the molecule is CCc1cc(/C([S-])=C/[N-]C)nc(OC2CC3(CCC3)C2)n1.[Y]. The first-order valence-electron chi connectivity index (χ1n) is 7.65. The van der Waals surface area contributed by atoms with Gasteiger partial charge in [-0.2, -0.15) is 16.1 Å². The second kappa shape index (κ2) is 7.54. The molecule has 6 heteroatoms. The van der Waals surface area contributed by atoms with Crippen LogP contribution in [0.4, 0.5) is 0 Å². The summed E-state index contributed by atoms with van der Waals surface area (Å²) >= 11 is 5.31. The van der Waals surface area contributed by atoms with Gasteiger partial charge in [-0.15, -0.1) is 7.05 Å². The van der Waals surface area contributed by atoms with E-state index in [1.54, 1.807) is 13.2 Å². The maximum Gasteiger partial charge on any atom is 0.317 e. The summed E-state index contributed by atoms with van der Waals surface area (Å²) < 4.78 is 5.97. The van der Waals surface area contributed by atoms with E-state index in [0.717, 1.165) is 30.7 Å². The zero-order valence-electron chi connectivity index (χ0n) is 13.2. The molecule has 117 valence electrons. The van der Waals surface area contributed by atoms with Crippen LogP contribution < -0.4 is 4.74 Å². The van der Waals surface area contributed by atoms with Crippen LogP contribution in [0.15, 0.2) is 12.3 Å². The van der Waals surface area contributed by atoms with Gasteiger partial charge in [-0.05, 0) is 43.6 Å². The Balaban J connectivity index is 0.00000176. The zero-order valence-corrected chi connectivity index (χ0v) is 16.9. The van der Waals surface area contributed by atoms with Gasteiger partial charge in [0.05, 0.1) is 0 Å². The Kier molecular flexibility index (Phi) is 6.20. The molecule has 2 saturated carbocycles. The van der Waals surface area contributed by atoms with Crippen molar-refractivity contribution < 1.29 is 37.4 Å². The molecule has 0 saturated heterocycles. The van der Waals surface area contributed by atoms with Crippen LogP contribution in [0, 0.1) is 5.41 Å². The largest absolute Gasteiger partial charge is 0.779 e. The van der Waals surface area contributed by atoms with Gasteiger partial charge in [-0.1, -0.05) is 13.3 Å². The minimum atomic E-state index is 0. The molecule has 1 radical (unpaired) electrons. The van der Waals surface area contributed by atoms with Crippen LogP contribution in [-0.2, 0) is 51.8 Å². The number of aromatic nitrogens is 2. The third-order valence-electron chi connectivity index (χ3n) is 4.63. The van der Waals surface area contributed by atoms with Crippen molar-refractivity contribution in [2.45, 2.75) is 51.6 Å². The minimum absolute atomic E-state index is 0. The minimum Gasteiger partial charge on any atom is -0.779 e. The quantitative estimate of drug-likeness (QED) is 0.719. The van der Waals surface area contributed by atoms with Crippen LogP contribution in [0.3, 0.4) is 0 Å². The third-order valence-corrected chi connectivity index (χ3v) is 4.94. The molecule has 0 unspecified atom stereocenters. The number of ether oxygens (including phenoxy) is 1. The molecule has 0 amide bonds. The van der Waals surface area contributed by atoms with E-state index in [0.29, 0.717) is 16.3 Å². The fourth-order valence-electron chi connectivity index (χ4n) is 3.24. The number of hydrogen-bond acceptors (Lipinski definition) is 4. The standard InChI is InChI=1S/C16H22N3OS.Y/c1-3-11-7-13(14(21)10-17-2)19-15(18-11)20-12-8-16(9-12)5-4-6-16;/h7,10,12H,3-6,8-9H2,1-2H3,(H-,17,18,19,21);/q-1;/p-1. The zero-order chi connectivity index (χ0) is 14.9. The van der Waals surface area contributed by atoms with Crippen LogP contribution in [0.2, 0.25) is 0 Å². The van der Waals surface area contributed by atoms with Crippen molar-refractivity contribution in [2.75, 3.05) is 7.05 Å². The van der Waals surface area contributed by atoms with Crippen molar-refractivity contribution in [3.63, 3.8) is 0 Å². The van der Waals surface area contributed by atoms with Crippen molar-refractivity contribution >= 4 is 17.5 Å². The van der Waals surface area contributed by atoms with Crippen LogP contribution in [0.1, 0.15) is 50.4 Å². The predicted octanol–water partition coefficient (Wildman–Crippen LogP) is 3.60. The first kappa shape index (κ1) is 18.1. The molecular formula is C16H21N3OSY-2. The van der Waals surface area contributed by atoms with Crippen LogP contribution >= 0.6 is 0 Å². The molecule has 0 N–H and O–H groups in total. The van der Waals surface area contributed by atoms with Gasteiger partial charge in [0.2, 0.25) is 0 Å². The van der Waals surface area contributed by atoms with Gasteiger partial charge in [0.1, 0.15) is 6.10 Å². The molecule has 1 aromatic rings. The van der Waals surface area contributed by atoms with E-state index in [1.807, 2.05) is 6.07 Å². The van der Waals surface area contributed by atoms with Crippen molar-refractivity contribution in [2.24, 2.45) is 5.41 Å². The Morgan fingerprint density at radius 2 is 2.18 bits per heavy atom. The Labute approximate surface area is 163 Å². The fraction of sp³-hybridized carbons (Fsp3) is 0.625. The Hall–Kier alpha value is -0.256. The summed E-state index contributed by atoms with van der Waals surface area (Å²) in [5.74, 6) is 0. The second-order valence-electron chi connectivity index (χ2n) is 6.13.